The molecule has 2 amide bonds. The van der Waals surface area contributed by atoms with Crippen LogP contribution in [0, 0.1) is 6.92 Å². The van der Waals surface area contributed by atoms with Gasteiger partial charge in [-0.3, -0.25) is 9.59 Å². The fraction of sp³-hybridized carbons (Fsp3) is 0.263. The van der Waals surface area contributed by atoms with Crippen molar-refractivity contribution in [3.05, 3.63) is 53.1 Å². The highest BCUT2D eigenvalue weighted by Crippen LogP contribution is 2.25. The van der Waals surface area contributed by atoms with Crippen LogP contribution < -0.4 is 10.6 Å². The number of hydrogen-bond donors (Lipinski definition) is 2. The average molecular weight is 377 g/mol. The SMILES string of the molecule is CCCC(=O)Nc1cccc(SCC(=O)Nc2cccc(Cl)c2C)c1. The zero-order chi connectivity index (χ0) is 18.2. The van der Waals surface area contributed by atoms with Crippen molar-refractivity contribution in [3.8, 4) is 0 Å². The topological polar surface area (TPSA) is 58.2 Å². The molecule has 4 nitrogen and oxygen atoms in total. The van der Waals surface area contributed by atoms with E-state index >= 15 is 0 Å². The minimum absolute atomic E-state index is 0.00109. The first-order valence-electron chi connectivity index (χ1n) is 8.07. The van der Waals surface area contributed by atoms with E-state index in [0.717, 1.165) is 28.3 Å². The quantitative estimate of drug-likeness (QED) is 0.659. The predicted octanol–water partition coefficient (Wildman–Crippen LogP) is 5.12. The molecule has 0 aliphatic heterocycles. The Labute approximate surface area is 157 Å². The number of amides is 2. The van der Waals surface area contributed by atoms with Gasteiger partial charge >= 0.3 is 0 Å². The van der Waals surface area contributed by atoms with Crippen LogP contribution in [0.15, 0.2) is 47.4 Å². The second-order valence-electron chi connectivity index (χ2n) is 5.58. The largest absolute Gasteiger partial charge is 0.326 e. The summed E-state index contributed by atoms with van der Waals surface area (Å²) in [7, 11) is 0. The minimum atomic E-state index is -0.101. The van der Waals surface area contributed by atoms with Crippen LogP contribution in [0.1, 0.15) is 25.3 Å². The molecular weight excluding hydrogens is 356 g/mol. The van der Waals surface area contributed by atoms with Gasteiger partial charge in [0.2, 0.25) is 11.8 Å². The summed E-state index contributed by atoms with van der Waals surface area (Å²) in [6, 6.07) is 12.9. The van der Waals surface area contributed by atoms with E-state index in [2.05, 4.69) is 10.6 Å². The van der Waals surface area contributed by atoms with Gasteiger partial charge in [0.15, 0.2) is 0 Å². The van der Waals surface area contributed by atoms with E-state index in [1.165, 1.54) is 11.8 Å². The van der Waals surface area contributed by atoms with E-state index in [1.807, 2.05) is 44.2 Å². The number of anilines is 2. The molecule has 0 unspecified atom stereocenters. The number of halogens is 1. The summed E-state index contributed by atoms with van der Waals surface area (Å²) >= 11 is 7.48. The number of hydrogen-bond acceptors (Lipinski definition) is 3. The molecule has 0 fully saturated rings. The van der Waals surface area contributed by atoms with Crippen LogP contribution in [-0.2, 0) is 9.59 Å². The molecule has 2 aromatic carbocycles. The van der Waals surface area contributed by atoms with E-state index in [4.69, 9.17) is 11.6 Å². The van der Waals surface area contributed by atoms with Crippen LogP contribution >= 0.6 is 23.4 Å². The van der Waals surface area contributed by atoms with E-state index < -0.39 is 0 Å². The van der Waals surface area contributed by atoms with E-state index in [9.17, 15) is 9.59 Å². The molecule has 2 aromatic rings. The molecule has 6 heteroatoms. The Morgan fingerprint density at radius 2 is 1.84 bits per heavy atom. The Kier molecular flexibility index (Phi) is 7.34. The van der Waals surface area contributed by atoms with Crippen LogP contribution in [-0.4, -0.2) is 17.6 Å². The molecule has 2 rings (SSSR count). The molecule has 25 heavy (non-hydrogen) atoms. The second kappa shape index (κ2) is 9.49. The monoisotopic (exact) mass is 376 g/mol. The molecular formula is C19H21ClN2O2S. The summed E-state index contributed by atoms with van der Waals surface area (Å²) < 4.78 is 0. The van der Waals surface area contributed by atoms with E-state index in [-0.39, 0.29) is 17.6 Å². The summed E-state index contributed by atoms with van der Waals surface area (Å²) in [5.74, 6) is 0.174. The van der Waals surface area contributed by atoms with Gasteiger partial charge in [0.1, 0.15) is 0 Å². The lowest BCUT2D eigenvalue weighted by Gasteiger charge is -2.10. The molecule has 0 radical (unpaired) electrons. The Balaban J connectivity index is 1.91. The van der Waals surface area contributed by atoms with Gasteiger partial charge in [-0.2, -0.15) is 0 Å². The van der Waals surface area contributed by atoms with Gasteiger partial charge < -0.3 is 10.6 Å². The first kappa shape index (κ1) is 19.3. The van der Waals surface area contributed by atoms with E-state index in [1.54, 1.807) is 12.1 Å². The molecule has 132 valence electrons. The van der Waals surface area contributed by atoms with E-state index in [0.29, 0.717) is 11.4 Å². The lowest BCUT2D eigenvalue weighted by Crippen LogP contribution is -2.15. The third-order valence-electron chi connectivity index (χ3n) is 3.51. The first-order valence-corrected chi connectivity index (χ1v) is 9.43. The predicted molar refractivity (Wildman–Crippen MR) is 106 cm³/mol. The fourth-order valence-corrected chi connectivity index (χ4v) is 3.12. The Hall–Kier alpha value is -1.98. The highest BCUT2D eigenvalue weighted by atomic mass is 35.5. The summed E-state index contributed by atoms with van der Waals surface area (Å²) in [5.41, 5.74) is 2.32. The molecule has 0 bridgehead atoms. The number of rotatable bonds is 7. The number of carbonyl (C=O) groups excluding carboxylic acids is 2. The van der Waals surface area contributed by atoms with Crippen molar-refractivity contribution >= 4 is 46.6 Å². The van der Waals surface area contributed by atoms with Crippen molar-refractivity contribution < 1.29 is 9.59 Å². The van der Waals surface area contributed by atoms with Crippen molar-refractivity contribution in [1.82, 2.24) is 0 Å². The lowest BCUT2D eigenvalue weighted by atomic mass is 10.2. The van der Waals surface area contributed by atoms with Crippen LogP contribution in [0.25, 0.3) is 0 Å². The third kappa shape index (κ3) is 6.11. The molecule has 0 atom stereocenters. The summed E-state index contributed by atoms with van der Waals surface area (Å²) in [4.78, 5) is 24.7. The number of benzene rings is 2. The minimum Gasteiger partial charge on any atom is -0.326 e. The van der Waals surface area contributed by atoms with Crippen LogP contribution in [0.5, 0.6) is 0 Å². The molecule has 0 spiro atoms. The highest BCUT2D eigenvalue weighted by Gasteiger charge is 2.08. The second-order valence-corrected chi connectivity index (χ2v) is 7.03. The summed E-state index contributed by atoms with van der Waals surface area (Å²) in [5, 5.41) is 6.35. The smallest absolute Gasteiger partial charge is 0.234 e. The zero-order valence-corrected chi connectivity index (χ0v) is 15.8. The average Bonchev–Trinajstić information content (AvgIpc) is 2.58. The lowest BCUT2D eigenvalue weighted by molar-refractivity contribution is -0.116. The third-order valence-corrected chi connectivity index (χ3v) is 4.91. The Bertz CT molecular complexity index is 765. The number of carbonyl (C=O) groups is 2. The van der Waals surface area contributed by atoms with Crippen molar-refractivity contribution in [2.24, 2.45) is 0 Å². The molecule has 0 aliphatic rings. The van der Waals surface area contributed by atoms with Gasteiger partial charge in [-0.05, 0) is 49.2 Å². The maximum atomic E-state index is 12.2. The van der Waals surface area contributed by atoms with Gasteiger partial charge in [0.25, 0.3) is 0 Å². The molecule has 0 aliphatic carbocycles. The van der Waals surface area contributed by atoms with Crippen molar-refractivity contribution in [2.75, 3.05) is 16.4 Å². The molecule has 2 N–H and O–H groups in total. The summed E-state index contributed by atoms with van der Waals surface area (Å²) in [6.45, 7) is 3.83. The van der Waals surface area contributed by atoms with Gasteiger partial charge in [-0.1, -0.05) is 30.7 Å². The van der Waals surface area contributed by atoms with Crippen molar-refractivity contribution in [3.63, 3.8) is 0 Å². The molecule has 0 aromatic heterocycles. The zero-order valence-electron chi connectivity index (χ0n) is 14.3. The molecule has 0 saturated heterocycles. The molecule has 0 heterocycles. The van der Waals surface area contributed by atoms with Gasteiger partial charge in [0, 0.05) is 27.7 Å². The number of nitrogens with one attached hydrogen (secondary N) is 2. The Morgan fingerprint density at radius 3 is 2.60 bits per heavy atom. The maximum absolute atomic E-state index is 12.2. The van der Waals surface area contributed by atoms with Gasteiger partial charge in [0.05, 0.1) is 5.75 Å². The molecule has 0 saturated carbocycles. The first-order chi connectivity index (χ1) is 12.0. The van der Waals surface area contributed by atoms with Crippen LogP contribution in [0.2, 0.25) is 5.02 Å². The summed E-state index contributed by atoms with van der Waals surface area (Å²) in [6.07, 6.45) is 1.31. The van der Waals surface area contributed by atoms with Crippen LogP contribution in [0.4, 0.5) is 11.4 Å². The van der Waals surface area contributed by atoms with Crippen molar-refractivity contribution in [2.45, 2.75) is 31.6 Å². The van der Waals surface area contributed by atoms with Gasteiger partial charge in [-0.25, -0.2) is 0 Å². The standard InChI is InChI=1S/C19H21ClN2O2S/c1-3-6-18(23)21-14-7-4-8-15(11-14)25-12-19(24)22-17-10-5-9-16(20)13(17)2/h4-5,7-11H,3,6,12H2,1-2H3,(H,21,23)(H,22,24). The highest BCUT2D eigenvalue weighted by molar-refractivity contribution is 8.00. The normalized spacial score (nSPS) is 10.4. The maximum Gasteiger partial charge on any atom is 0.234 e. The number of thioether (sulfide) groups is 1. The Morgan fingerprint density at radius 1 is 1.08 bits per heavy atom. The van der Waals surface area contributed by atoms with Gasteiger partial charge in [-0.15, -0.1) is 11.8 Å². The van der Waals surface area contributed by atoms with Crippen LogP contribution in [0.3, 0.4) is 0 Å². The fourth-order valence-electron chi connectivity index (χ4n) is 2.19. The van der Waals surface area contributed by atoms with Crippen molar-refractivity contribution in [1.29, 1.82) is 0 Å².